The molecule has 4 aromatic rings. The number of rotatable bonds is 6. The Morgan fingerprint density at radius 2 is 1.61 bits per heavy atom. The van der Waals surface area contributed by atoms with Crippen molar-refractivity contribution in [2.75, 3.05) is 7.05 Å². The zero-order chi connectivity index (χ0) is 22.0. The smallest absolute Gasteiger partial charge is 0.303 e. The monoisotopic (exact) mass is 433 g/mol. The van der Waals surface area contributed by atoms with Crippen LogP contribution in [0.1, 0.15) is 22.5 Å². The largest absolute Gasteiger partial charge is 0.481 e. The van der Waals surface area contributed by atoms with E-state index in [4.69, 9.17) is 16.7 Å². The summed E-state index contributed by atoms with van der Waals surface area (Å²) in [5.41, 5.74) is 5.94. The number of hydrogen-bond acceptors (Lipinski definition) is 3. The number of H-pyrrole nitrogens is 1. The summed E-state index contributed by atoms with van der Waals surface area (Å²) in [6.07, 6.45) is 0.403. The molecule has 1 aromatic heterocycles. The van der Waals surface area contributed by atoms with Crippen molar-refractivity contribution >= 4 is 34.4 Å². The number of carboxylic acids is 1. The molecule has 0 aliphatic heterocycles. The Morgan fingerprint density at radius 3 is 2.23 bits per heavy atom. The summed E-state index contributed by atoms with van der Waals surface area (Å²) in [5, 5.41) is 20.2. The van der Waals surface area contributed by atoms with Gasteiger partial charge in [-0.1, -0.05) is 48.0 Å². The minimum absolute atomic E-state index is 0.0304. The number of amides is 1. The highest BCUT2D eigenvalue weighted by Crippen LogP contribution is 2.34. The first kappa shape index (κ1) is 20.6. The molecule has 0 saturated carbocycles. The van der Waals surface area contributed by atoms with E-state index >= 15 is 0 Å². The van der Waals surface area contributed by atoms with Crippen LogP contribution in [0.25, 0.3) is 33.2 Å². The molecule has 3 aromatic carbocycles. The van der Waals surface area contributed by atoms with Crippen molar-refractivity contribution in [1.82, 2.24) is 15.5 Å². The molecule has 156 valence electrons. The van der Waals surface area contributed by atoms with Crippen LogP contribution in [0.4, 0.5) is 0 Å². The molecule has 3 N–H and O–H groups in total. The van der Waals surface area contributed by atoms with E-state index in [1.807, 2.05) is 42.5 Å². The summed E-state index contributed by atoms with van der Waals surface area (Å²) in [7, 11) is 1.61. The Labute approximate surface area is 183 Å². The predicted molar refractivity (Wildman–Crippen MR) is 121 cm³/mol. The number of carboxylic acid groups (broad SMARTS) is 1. The standard InChI is InChI=1S/C24H20ClN3O3/c1-26-24(31)17-8-4-15(5-9-17)14-2-6-16(7-3-14)18-12-19-21(10-11-23(29)30)27-28-22(19)13-20(18)25/h2-9,12-13H,10-11H2,1H3,(H,26,31)(H,27,28)(H,29,30). The van der Waals surface area contributed by atoms with Crippen molar-refractivity contribution in [3.05, 3.63) is 76.9 Å². The van der Waals surface area contributed by atoms with E-state index in [1.165, 1.54) is 0 Å². The molecule has 7 heteroatoms. The second-order valence-electron chi connectivity index (χ2n) is 7.18. The number of aryl methyl sites for hydroxylation is 1. The number of carbonyl (C=O) groups excluding carboxylic acids is 1. The minimum atomic E-state index is -0.851. The van der Waals surface area contributed by atoms with Gasteiger partial charge in [0.1, 0.15) is 0 Å². The zero-order valence-corrected chi connectivity index (χ0v) is 17.5. The Hall–Kier alpha value is -3.64. The van der Waals surface area contributed by atoms with E-state index in [0.717, 1.165) is 33.3 Å². The van der Waals surface area contributed by atoms with Crippen molar-refractivity contribution in [3.63, 3.8) is 0 Å². The highest BCUT2D eigenvalue weighted by atomic mass is 35.5. The summed E-state index contributed by atoms with van der Waals surface area (Å²) >= 11 is 6.51. The first-order valence-corrected chi connectivity index (χ1v) is 10.2. The topological polar surface area (TPSA) is 95.1 Å². The summed E-state index contributed by atoms with van der Waals surface area (Å²) in [6.45, 7) is 0. The Morgan fingerprint density at radius 1 is 1.00 bits per heavy atom. The normalized spacial score (nSPS) is 10.9. The summed E-state index contributed by atoms with van der Waals surface area (Å²) in [4.78, 5) is 22.6. The molecule has 0 spiro atoms. The molecule has 6 nitrogen and oxygen atoms in total. The molecule has 1 amide bonds. The van der Waals surface area contributed by atoms with Gasteiger partial charge in [-0.15, -0.1) is 0 Å². The lowest BCUT2D eigenvalue weighted by Crippen LogP contribution is -2.17. The highest BCUT2D eigenvalue weighted by Gasteiger charge is 2.13. The van der Waals surface area contributed by atoms with Gasteiger partial charge in [-0.3, -0.25) is 14.7 Å². The fraction of sp³-hybridized carbons (Fsp3) is 0.125. The van der Waals surface area contributed by atoms with E-state index < -0.39 is 5.97 Å². The van der Waals surface area contributed by atoms with Crippen LogP contribution >= 0.6 is 11.6 Å². The van der Waals surface area contributed by atoms with Gasteiger partial charge in [-0.2, -0.15) is 5.10 Å². The Bertz CT molecular complexity index is 1260. The predicted octanol–water partition coefficient (Wildman–Crippen LogP) is 4.93. The Balaban J connectivity index is 1.64. The van der Waals surface area contributed by atoms with Gasteiger partial charge in [0.15, 0.2) is 0 Å². The number of aromatic amines is 1. The molecule has 0 atom stereocenters. The molecule has 0 bridgehead atoms. The van der Waals surface area contributed by atoms with Gasteiger partial charge in [-0.25, -0.2) is 0 Å². The van der Waals surface area contributed by atoms with Gasteiger partial charge in [0.2, 0.25) is 0 Å². The van der Waals surface area contributed by atoms with Crippen LogP contribution in [0.3, 0.4) is 0 Å². The molecule has 0 radical (unpaired) electrons. The highest BCUT2D eigenvalue weighted by molar-refractivity contribution is 6.34. The average Bonchev–Trinajstić information content (AvgIpc) is 3.18. The molecule has 31 heavy (non-hydrogen) atoms. The molecule has 0 aliphatic carbocycles. The van der Waals surface area contributed by atoms with Crippen molar-refractivity contribution in [2.24, 2.45) is 0 Å². The van der Waals surface area contributed by atoms with Gasteiger partial charge in [0, 0.05) is 35.7 Å². The summed E-state index contributed by atoms with van der Waals surface area (Å²) in [5.74, 6) is -0.968. The van der Waals surface area contributed by atoms with Crippen LogP contribution in [0, 0.1) is 0 Å². The SMILES string of the molecule is CNC(=O)c1ccc(-c2ccc(-c3cc4c(CCC(=O)O)[nH]nc4cc3Cl)cc2)cc1. The number of halogens is 1. The molecular weight excluding hydrogens is 414 g/mol. The van der Waals surface area contributed by atoms with E-state index in [2.05, 4.69) is 15.5 Å². The number of fused-ring (bicyclic) bond motifs is 1. The zero-order valence-electron chi connectivity index (χ0n) is 16.8. The molecule has 0 saturated heterocycles. The summed E-state index contributed by atoms with van der Waals surface area (Å²) < 4.78 is 0. The van der Waals surface area contributed by atoms with Crippen molar-refractivity contribution in [3.8, 4) is 22.3 Å². The summed E-state index contributed by atoms with van der Waals surface area (Å²) in [6, 6.07) is 19.2. The fourth-order valence-electron chi connectivity index (χ4n) is 3.53. The number of aromatic nitrogens is 2. The second-order valence-corrected chi connectivity index (χ2v) is 7.59. The minimum Gasteiger partial charge on any atom is -0.481 e. The van der Waals surface area contributed by atoms with E-state index in [-0.39, 0.29) is 12.3 Å². The van der Waals surface area contributed by atoms with Gasteiger partial charge in [0.05, 0.1) is 17.0 Å². The van der Waals surface area contributed by atoms with Gasteiger partial charge < -0.3 is 10.4 Å². The van der Waals surface area contributed by atoms with Crippen LogP contribution in [-0.2, 0) is 11.2 Å². The third kappa shape index (κ3) is 4.29. The van der Waals surface area contributed by atoms with Gasteiger partial charge >= 0.3 is 5.97 Å². The van der Waals surface area contributed by atoms with E-state index in [9.17, 15) is 9.59 Å². The van der Waals surface area contributed by atoms with Crippen molar-refractivity contribution in [2.45, 2.75) is 12.8 Å². The molecule has 0 aliphatic rings. The number of carbonyl (C=O) groups is 2. The lowest BCUT2D eigenvalue weighted by Gasteiger charge is -2.08. The van der Waals surface area contributed by atoms with Crippen LogP contribution in [-0.4, -0.2) is 34.2 Å². The van der Waals surface area contributed by atoms with Gasteiger partial charge in [-0.05, 0) is 41.0 Å². The van der Waals surface area contributed by atoms with E-state index in [1.54, 1.807) is 25.2 Å². The van der Waals surface area contributed by atoms with Crippen molar-refractivity contribution < 1.29 is 14.7 Å². The van der Waals surface area contributed by atoms with Crippen molar-refractivity contribution in [1.29, 1.82) is 0 Å². The first-order chi connectivity index (χ1) is 15.0. The average molecular weight is 434 g/mol. The quantitative estimate of drug-likeness (QED) is 0.402. The van der Waals surface area contributed by atoms with Crippen LogP contribution < -0.4 is 5.32 Å². The van der Waals surface area contributed by atoms with E-state index in [0.29, 0.717) is 22.5 Å². The van der Waals surface area contributed by atoms with Crippen LogP contribution in [0.5, 0.6) is 0 Å². The number of hydrogen-bond donors (Lipinski definition) is 3. The number of nitrogens with zero attached hydrogens (tertiary/aromatic N) is 1. The molecule has 4 rings (SSSR count). The number of nitrogens with one attached hydrogen (secondary N) is 2. The lowest BCUT2D eigenvalue weighted by atomic mass is 9.98. The molecular formula is C24H20ClN3O3. The third-order valence-corrected chi connectivity index (χ3v) is 5.53. The Kier molecular flexibility index (Phi) is 5.73. The third-order valence-electron chi connectivity index (χ3n) is 5.21. The lowest BCUT2D eigenvalue weighted by molar-refractivity contribution is -0.136. The second kappa shape index (κ2) is 8.62. The maximum absolute atomic E-state index is 11.7. The number of benzene rings is 3. The van der Waals surface area contributed by atoms with Crippen LogP contribution in [0.15, 0.2) is 60.7 Å². The fourth-order valence-corrected chi connectivity index (χ4v) is 3.80. The number of aliphatic carboxylic acids is 1. The van der Waals surface area contributed by atoms with Gasteiger partial charge in [0.25, 0.3) is 5.91 Å². The molecule has 0 fully saturated rings. The molecule has 0 unspecified atom stereocenters. The van der Waals surface area contributed by atoms with Crippen LogP contribution in [0.2, 0.25) is 5.02 Å². The maximum atomic E-state index is 11.7. The first-order valence-electron chi connectivity index (χ1n) is 9.77. The molecule has 1 heterocycles. The maximum Gasteiger partial charge on any atom is 0.303 e.